The van der Waals surface area contributed by atoms with Crippen LogP contribution < -0.4 is 24.8 Å². The van der Waals surface area contributed by atoms with Gasteiger partial charge >= 0.3 is 193 Å². The van der Waals surface area contributed by atoms with Crippen molar-refractivity contribution in [3.05, 3.63) is 61.8 Å². The first-order chi connectivity index (χ1) is 14.0. The second-order valence-corrected chi connectivity index (χ2v) is 17.3. The minimum absolute atomic E-state index is 0. The molecule has 0 nitrogen and oxygen atoms in total. The minimum atomic E-state index is -0.989. The maximum atomic E-state index is 2.65. The van der Waals surface area contributed by atoms with Crippen LogP contribution in [0.2, 0.25) is 0 Å². The number of allylic oxidation sites excluding steroid dienone is 5. The normalized spacial score (nSPS) is 20.7. The van der Waals surface area contributed by atoms with E-state index in [1.807, 2.05) is 8.64 Å². The zero-order valence-electron chi connectivity index (χ0n) is 20.1. The van der Waals surface area contributed by atoms with Gasteiger partial charge in [-0.1, -0.05) is 0 Å². The number of fused-ring (bicyclic) bond motifs is 1. The van der Waals surface area contributed by atoms with Crippen LogP contribution in [0.5, 0.6) is 0 Å². The quantitative estimate of drug-likeness (QED) is 0.272. The number of benzene rings is 1. The third-order valence-corrected chi connectivity index (χ3v) is 17.7. The van der Waals surface area contributed by atoms with Crippen molar-refractivity contribution in [1.82, 2.24) is 0 Å². The largest absolute Gasteiger partial charge is 1.00 e. The summed E-state index contributed by atoms with van der Waals surface area (Å²) in [6.45, 7) is 14.6. The van der Waals surface area contributed by atoms with Crippen LogP contribution in [0.1, 0.15) is 88.4 Å². The maximum absolute atomic E-state index is 2.65. The summed E-state index contributed by atoms with van der Waals surface area (Å²) in [4.78, 5) is 0. The van der Waals surface area contributed by atoms with Crippen LogP contribution >= 0.6 is 7.92 Å². The first-order valence-electron chi connectivity index (χ1n) is 11.8. The molecule has 4 unspecified atom stereocenters. The average molecular weight is 644 g/mol. The number of rotatable bonds is 10. The Morgan fingerprint density at radius 2 is 1.65 bits per heavy atom. The van der Waals surface area contributed by atoms with Crippen LogP contribution in [0, 0.1) is 5.92 Å². The monoisotopic (exact) mass is 644 g/mol. The van der Waals surface area contributed by atoms with Gasteiger partial charge in [-0.3, -0.25) is 0 Å². The fourth-order valence-electron chi connectivity index (χ4n) is 4.91. The van der Waals surface area contributed by atoms with Gasteiger partial charge in [-0.05, 0) is 0 Å². The molecule has 0 aliphatic heterocycles. The summed E-state index contributed by atoms with van der Waals surface area (Å²) in [6, 6.07) is 9.35. The van der Waals surface area contributed by atoms with Gasteiger partial charge in [-0.15, -0.1) is 0 Å². The molecule has 0 aromatic heterocycles. The van der Waals surface area contributed by atoms with Crippen LogP contribution in [0.15, 0.2) is 50.6 Å². The van der Waals surface area contributed by atoms with E-state index in [0.717, 1.165) is 20.9 Å². The van der Waals surface area contributed by atoms with E-state index in [2.05, 4.69) is 84.0 Å². The summed E-state index contributed by atoms with van der Waals surface area (Å²) in [5, 5.41) is 1.87. The second-order valence-electron chi connectivity index (χ2n) is 8.93. The molecule has 1 aromatic rings. The second kappa shape index (κ2) is 13.9. The molecule has 4 heteroatoms. The molecule has 31 heavy (non-hydrogen) atoms. The Kier molecular flexibility index (Phi) is 13.2. The third-order valence-electron chi connectivity index (χ3n) is 6.87. The Labute approximate surface area is 216 Å². The molecule has 0 spiro atoms. The first-order valence-corrected chi connectivity index (χ1v) is 17.1. The molecule has 0 amide bonds. The summed E-state index contributed by atoms with van der Waals surface area (Å²) in [5.74, 6) is 0.746. The zero-order chi connectivity index (χ0) is 21.0. The Morgan fingerprint density at radius 3 is 2.26 bits per heavy atom. The van der Waals surface area contributed by atoms with E-state index in [9.17, 15) is 0 Å². The van der Waals surface area contributed by atoms with Crippen molar-refractivity contribution < 1.29 is 47.7 Å². The molecule has 4 atom stereocenters. The molecule has 0 radical (unpaired) electrons. The SMILES string of the molecule is CCCC(C)C1=[C]([Hf+2][CH]2C(P(C(C)CC)C(C)CC)=Cc3ccccc32)CC=C1.[Cl-].[Cl-]. The predicted molar refractivity (Wildman–Crippen MR) is 128 cm³/mol. The molecular weight excluding hydrogens is 605 g/mol. The maximum Gasteiger partial charge on any atom is -1.00 e. The van der Waals surface area contributed by atoms with E-state index in [1.54, 1.807) is 11.1 Å². The topological polar surface area (TPSA) is 0 Å². The van der Waals surface area contributed by atoms with E-state index < -0.39 is 22.9 Å². The Bertz CT molecular complexity index is 788. The fourth-order valence-corrected chi connectivity index (χ4v) is 16.7. The Balaban J connectivity index is 0.00000240. The van der Waals surface area contributed by atoms with E-state index >= 15 is 0 Å². The van der Waals surface area contributed by atoms with Gasteiger partial charge in [0.05, 0.1) is 0 Å². The van der Waals surface area contributed by atoms with Crippen molar-refractivity contribution in [3.63, 3.8) is 0 Å². The average Bonchev–Trinajstić information content (AvgIpc) is 3.33. The van der Waals surface area contributed by atoms with Crippen molar-refractivity contribution in [1.29, 1.82) is 0 Å². The van der Waals surface area contributed by atoms with E-state index in [4.69, 9.17) is 0 Å². The molecule has 2 aliphatic carbocycles. The van der Waals surface area contributed by atoms with Crippen LogP contribution in [-0.4, -0.2) is 11.3 Å². The molecule has 170 valence electrons. The molecule has 1 aromatic carbocycles. The predicted octanol–water partition coefficient (Wildman–Crippen LogP) is 2.90. The molecule has 0 heterocycles. The fraction of sp³-hybridized carbons (Fsp3) is 0.556. The molecule has 0 N–H and O–H groups in total. The molecule has 0 fully saturated rings. The van der Waals surface area contributed by atoms with Crippen LogP contribution in [-0.2, 0) is 22.9 Å². The third kappa shape index (κ3) is 6.68. The van der Waals surface area contributed by atoms with Crippen LogP contribution in [0.25, 0.3) is 6.08 Å². The van der Waals surface area contributed by atoms with Gasteiger partial charge in [0.1, 0.15) is 0 Å². The van der Waals surface area contributed by atoms with Gasteiger partial charge in [0.25, 0.3) is 0 Å². The Morgan fingerprint density at radius 1 is 1.00 bits per heavy atom. The molecular formula is C27H39Cl2HfP. The summed E-state index contributed by atoms with van der Waals surface area (Å²) < 4.78 is 2.70. The van der Waals surface area contributed by atoms with Crippen LogP contribution in [0.3, 0.4) is 0 Å². The van der Waals surface area contributed by atoms with Gasteiger partial charge in [-0.2, -0.15) is 0 Å². The van der Waals surface area contributed by atoms with Gasteiger partial charge < -0.3 is 24.8 Å². The van der Waals surface area contributed by atoms with Crippen molar-refractivity contribution in [3.8, 4) is 0 Å². The van der Waals surface area contributed by atoms with Gasteiger partial charge in [0.2, 0.25) is 0 Å². The van der Waals surface area contributed by atoms with Crippen molar-refractivity contribution in [2.24, 2.45) is 5.92 Å². The number of halogens is 2. The molecule has 0 saturated carbocycles. The van der Waals surface area contributed by atoms with Crippen molar-refractivity contribution in [2.75, 3.05) is 0 Å². The summed E-state index contributed by atoms with van der Waals surface area (Å²) in [6.07, 6.45) is 14.1. The molecule has 2 aliphatic rings. The molecule has 0 bridgehead atoms. The van der Waals surface area contributed by atoms with Crippen molar-refractivity contribution >= 4 is 14.0 Å². The van der Waals surface area contributed by atoms with Crippen LogP contribution in [0.4, 0.5) is 0 Å². The summed E-state index contributed by atoms with van der Waals surface area (Å²) in [5.41, 5.74) is 6.61. The van der Waals surface area contributed by atoms with Gasteiger partial charge in [-0.25, -0.2) is 0 Å². The summed E-state index contributed by atoms with van der Waals surface area (Å²) in [7, 11) is -0.0599. The van der Waals surface area contributed by atoms with Gasteiger partial charge in [0.15, 0.2) is 0 Å². The zero-order valence-corrected chi connectivity index (χ0v) is 26.1. The standard InChI is InChI=1S/C17H24P.C10H15.2ClH.Hf/c1-5-13(3)18(14(4)6-2)17-11-15-9-7-8-10-16(15)12-17;1-3-6-9(2)10-7-4-5-8-10;;;/h7-14H,5-6H2,1-4H3;4,7,9H,3,5-6H2,1-2H3;2*1H;/q;;;;+2/p-2. The molecule has 3 rings (SSSR count). The number of hydrogen-bond acceptors (Lipinski definition) is 0. The Hall–Kier alpha value is 0.320. The summed E-state index contributed by atoms with van der Waals surface area (Å²) >= 11 is -0.989. The minimum Gasteiger partial charge on any atom is -1.00 e. The van der Waals surface area contributed by atoms with E-state index in [1.165, 1.54) is 37.7 Å². The van der Waals surface area contributed by atoms with E-state index in [-0.39, 0.29) is 32.7 Å². The smallest absolute Gasteiger partial charge is 1.00 e. The molecule has 0 saturated heterocycles. The van der Waals surface area contributed by atoms with E-state index in [0.29, 0.717) is 0 Å². The van der Waals surface area contributed by atoms with Crippen molar-refractivity contribution in [2.45, 2.75) is 88.6 Å². The number of hydrogen-bond donors (Lipinski definition) is 0. The van der Waals surface area contributed by atoms with Gasteiger partial charge in [0, 0.05) is 0 Å². The first kappa shape index (κ1) is 29.4.